The fourth-order valence-corrected chi connectivity index (χ4v) is 5.29. The van der Waals surface area contributed by atoms with Crippen molar-refractivity contribution in [3.63, 3.8) is 0 Å². The number of aryl methyl sites for hydroxylation is 1. The molecular weight excluding hydrogens is 470 g/mol. The molecule has 9 nitrogen and oxygen atoms in total. The zero-order valence-electron chi connectivity index (χ0n) is 17.2. The number of nitrogens with zero attached hydrogens (tertiary/aromatic N) is 5. The van der Waals surface area contributed by atoms with Gasteiger partial charge < -0.3 is 16.8 Å². The number of carbonyl (C=O) groups excluding carboxylic acids is 1. The van der Waals surface area contributed by atoms with Gasteiger partial charge in [0.15, 0.2) is 10.8 Å². The van der Waals surface area contributed by atoms with Crippen LogP contribution in [-0.2, 0) is 4.87 Å². The molecule has 1 aliphatic heterocycles. The predicted molar refractivity (Wildman–Crippen MR) is 125 cm³/mol. The Hall–Kier alpha value is -3.58. The van der Waals surface area contributed by atoms with Crippen LogP contribution in [0.4, 0.5) is 18.7 Å². The van der Waals surface area contributed by atoms with E-state index in [0.29, 0.717) is 10.1 Å². The summed E-state index contributed by atoms with van der Waals surface area (Å²) in [6.45, 7) is 1.86. The summed E-state index contributed by atoms with van der Waals surface area (Å²) < 4.78 is 28.6. The first-order valence-corrected chi connectivity index (χ1v) is 11.2. The van der Waals surface area contributed by atoms with Crippen molar-refractivity contribution in [3.8, 4) is 0 Å². The van der Waals surface area contributed by atoms with Gasteiger partial charge in [0, 0.05) is 5.56 Å². The number of halogens is 2. The van der Waals surface area contributed by atoms with Gasteiger partial charge in [0.2, 0.25) is 5.13 Å². The molecule has 0 fully saturated rings. The number of rotatable bonds is 5. The molecule has 1 unspecified atom stereocenters. The van der Waals surface area contributed by atoms with Crippen molar-refractivity contribution in [3.05, 3.63) is 76.3 Å². The van der Waals surface area contributed by atoms with E-state index >= 15 is 0 Å². The summed E-state index contributed by atoms with van der Waals surface area (Å²) >= 11 is 2.46. The lowest BCUT2D eigenvalue weighted by atomic mass is 10.1. The first-order chi connectivity index (χ1) is 15.8. The fraction of sp³-hybridized carbons (Fsp3) is 0.150. The third-order valence-electron chi connectivity index (χ3n) is 4.62. The van der Waals surface area contributed by atoms with Crippen LogP contribution >= 0.6 is 23.1 Å². The van der Waals surface area contributed by atoms with Gasteiger partial charge in [0.1, 0.15) is 21.7 Å². The second kappa shape index (κ2) is 9.11. The van der Waals surface area contributed by atoms with Crippen molar-refractivity contribution in [2.24, 2.45) is 21.6 Å². The molecule has 0 saturated heterocycles. The van der Waals surface area contributed by atoms with Crippen molar-refractivity contribution < 1.29 is 13.6 Å². The molecule has 13 heteroatoms. The van der Waals surface area contributed by atoms with Gasteiger partial charge in [-0.15, -0.1) is 10.2 Å². The van der Waals surface area contributed by atoms with Crippen molar-refractivity contribution in [1.29, 1.82) is 0 Å². The zero-order valence-corrected chi connectivity index (χ0v) is 18.8. The molecule has 0 radical (unpaired) electrons. The number of aliphatic imine (C=N–C) groups is 1. The van der Waals surface area contributed by atoms with Gasteiger partial charge in [-0.3, -0.25) is 0 Å². The number of nitrogens with one attached hydrogen (secondary N) is 1. The third kappa shape index (κ3) is 4.64. The second-order valence-electron chi connectivity index (χ2n) is 6.89. The van der Waals surface area contributed by atoms with Crippen LogP contribution in [-0.4, -0.2) is 33.8 Å². The summed E-state index contributed by atoms with van der Waals surface area (Å²) in [6.07, 6.45) is 0. The van der Waals surface area contributed by atoms with Crippen LogP contribution in [0.5, 0.6) is 0 Å². The number of hydrogen-bond acceptors (Lipinski definition) is 7. The van der Waals surface area contributed by atoms with E-state index in [1.807, 2.05) is 30.3 Å². The minimum absolute atomic E-state index is 0.00261. The standard InChI is InChI=1S/C20H18F2N8OS2/c1-11-27-28-19(32-11)30-20(12-5-3-2-4-6-12,10-25-17(23)26-18(24)31)33-16(29-30)14-9-13(21)7-8-15(14)22/h2-9H,10H2,1H3,(H5,23,24,25,26,31). The number of primary amides is 1. The Kier molecular flexibility index (Phi) is 6.24. The van der Waals surface area contributed by atoms with Crippen molar-refractivity contribution >= 4 is 45.3 Å². The lowest BCUT2D eigenvalue weighted by molar-refractivity contribution is 0.256. The molecule has 4 rings (SSSR count). The number of guanidine groups is 1. The first-order valence-electron chi connectivity index (χ1n) is 9.55. The van der Waals surface area contributed by atoms with Crippen molar-refractivity contribution in [2.45, 2.75) is 11.8 Å². The monoisotopic (exact) mass is 488 g/mol. The molecule has 5 N–H and O–H groups in total. The van der Waals surface area contributed by atoms with E-state index in [9.17, 15) is 13.6 Å². The van der Waals surface area contributed by atoms with Gasteiger partial charge in [-0.25, -0.2) is 18.6 Å². The van der Waals surface area contributed by atoms with E-state index in [-0.39, 0.29) is 23.1 Å². The maximum atomic E-state index is 14.7. The van der Waals surface area contributed by atoms with Crippen LogP contribution in [0.15, 0.2) is 58.6 Å². The highest BCUT2D eigenvalue weighted by Crippen LogP contribution is 2.49. The maximum Gasteiger partial charge on any atom is 0.341 e. The van der Waals surface area contributed by atoms with E-state index in [1.54, 1.807) is 11.9 Å². The SMILES string of the molecule is Cc1nnc(N2N=C(c3cc(F)ccc3F)SC2(CN/C(N)=N/C(N)=O)c2ccccc2)s1. The minimum atomic E-state index is -1.06. The van der Waals surface area contributed by atoms with Crippen LogP contribution in [0.3, 0.4) is 0 Å². The Labute approximate surface area is 195 Å². The van der Waals surface area contributed by atoms with Gasteiger partial charge in [-0.2, -0.15) is 10.1 Å². The van der Waals surface area contributed by atoms with Gasteiger partial charge in [-0.1, -0.05) is 53.4 Å². The fourth-order valence-electron chi connectivity index (χ4n) is 3.20. The van der Waals surface area contributed by atoms with Gasteiger partial charge in [0.05, 0.1) is 6.54 Å². The molecule has 1 atom stereocenters. The highest BCUT2D eigenvalue weighted by Gasteiger charge is 2.48. The van der Waals surface area contributed by atoms with Gasteiger partial charge >= 0.3 is 6.03 Å². The predicted octanol–water partition coefficient (Wildman–Crippen LogP) is 2.88. The number of carbonyl (C=O) groups is 1. The van der Waals surface area contributed by atoms with Gasteiger partial charge in [-0.05, 0) is 30.7 Å². The van der Waals surface area contributed by atoms with Gasteiger partial charge in [0.25, 0.3) is 0 Å². The van der Waals surface area contributed by atoms with Crippen molar-refractivity contribution in [2.75, 3.05) is 11.6 Å². The highest BCUT2D eigenvalue weighted by molar-refractivity contribution is 8.15. The Morgan fingerprint density at radius 3 is 2.61 bits per heavy atom. The van der Waals surface area contributed by atoms with Crippen LogP contribution in [0.1, 0.15) is 16.1 Å². The molecule has 1 aliphatic rings. The van der Waals surface area contributed by atoms with E-state index < -0.39 is 22.5 Å². The molecule has 0 bridgehead atoms. The van der Waals surface area contributed by atoms with E-state index in [1.165, 1.54) is 23.1 Å². The third-order valence-corrected chi connectivity index (χ3v) is 6.82. The molecule has 0 aliphatic carbocycles. The number of urea groups is 1. The lowest BCUT2D eigenvalue weighted by Gasteiger charge is -2.35. The highest BCUT2D eigenvalue weighted by atomic mass is 32.2. The smallest absolute Gasteiger partial charge is 0.341 e. The van der Waals surface area contributed by atoms with E-state index in [0.717, 1.165) is 23.8 Å². The quantitative estimate of drug-likeness (QED) is 0.371. The number of aromatic nitrogens is 2. The molecule has 2 amide bonds. The number of nitrogens with two attached hydrogens (primary N) is 2. The average molecular weight is 489 g/mol. The maximum absolute atomic E-state index is 14.7. The summed E-state index contributed by atoms with van der Waals surface area (Å²) in [5.74, 6) is -1.42. The van der Waals surface area contributed by atoms with Crippen LogP contribution < -0.4 is 21.8 Å². The molecule has 170 valence electrons. The largest absolute Gasteiger partial charge is 0.370 e. The molecule has 2 aromatic carbocycles. The first kappa shape index (κ1) is 22.6. The summed E-state index contributed by atoms with van der Waals surface area (Å²) in [5, 5.41) is 18.7. The van der Waals surface area contributed by atoms with E-state index in [4.69, 9.17) is 11.5 Å². The molecule has 1 aromatic heterocycles. The summed E-state index contributed by atoms with van der Waals surface area (Å²) in [7, 11) is 0. The van der Waals surface area contributed by atoms with Crippen LogP contribution in [0, 0.1) is 18.6 Å². The number of anilines is 1. The molecule has 33 heavy (non-hydrogen) atoms. The molecule has 3 aromatic rings. The van der Waals surface area contributed by atoms with Crippen LogP contribution in [0.25, 0.3) is 0 Å². The Balaban J connectivity index is 1.85. The summed E-state index contributed by atoms with van der Waals surface area (Å²) in [5.41, 5.74) is 11.7. The topological polar surface area (TPSA) is 135 Å². The second-order valence-corrected chi connectivity index (χ2v) is 9.31. The average Bonchev–Trinajstić information content (AvgIpc) is 3.38. The lowest BCUT2D eigenvalue weighted by Crippen LogP contribution is -2.49. The molecule has 0 spiro atoms. The number of amides is 2. The zero-order chi connectivity index (χ0) is 23.6. The summed E-state index contributed by atoms with van der Waals surface area (Å²) in [4.78, 5) is 13.6. The molecule has 2 heterocycles. The number of thioether (sulfide) groups is 1. The number of benzene rings is 2. The molecular formula is C20H18F2N8OS2. The normalized spacial score (nSPS) is 18.3. The van der Waals surface area contributed by atoms with Crippen LogP contribution in [0.2, 0.25) is 0 Å². The van der Waals surface area contributed by atoms with E-state index in [2.05, 4.69) is 25.6 Å². The number of hydrazone groups is 1. The Morgan fingerprint density at radius 2 is 1.94 bits per heavy atom. The minimum Gasteiger partial charge on any atom is -0.370 e. The number of hydrogen-bond donors (Lipinski definition) is 3. The van der Waals surface area contributed by atoms with Crippen molar-refractivity contribution in [1.82, 2.24) is 15.5 Å². The summed E-state index contributed by atoms with van der Waals surface area (Å²) in [6, 6.07) is 11.5. The Bertz CT molecular complexity index is 1250. The molecule has 0 saturated carbocycles. The Morgan fingerprint density at radius 1 is 1.18 bits per heavy atom.